The predicted molar refractivity (Wildman–Crippen MR) is 98.3 cm³/mol. The SMILES string of the molecule is Cc1noc2nc(C(C)C)cc(C(=O)N3CCOCC4(CCCC4)C3)c12. The average Bonchev–Trinajstić information content (AvgIpc) is 3.16. The van der Waals surface area contributed by atoms with Crippen LogP contribution in [0.1, 0.15) is 67.2 Å². The zero-order chi connectivity index (χ0) is 18.3. The van der Waals surface area contributed by atoms with Crippen LogP contribution in [0.2, 0.25) is 0 Å². The van der Waals surface area contributed by atoms with Crippen molar-refractivity contribution in [3.63, 3.8) is 0 Å². The molecular weight excluding hydrogens is 330 g/mol. The van der Waals surface area contributed by atoms with Gasteiger partial charge in [-0.3, -0.25) is 4.79 Å². The molecule has 2 aromatic rings. The minimum absolute atomic E-state index is 0.0439. The Morgan fingerprint density at radius 2 is 2.08 bits per heavy atom. The van der Waals surface area contributed by atoms with Crippen molar-refractivity contribution in [2.24, 2.45) is 5.41 Å². The molecule has 26 heavy (non-hydrogen) atoms. The van der Waals surface area contributed by atoms with Crippen molar-refractivity contribution < 1.29 is 14.1 Å². The average molecular weight is 357 g/mol. The molecule has 0 aromatic carbocycles. The van der Waals surface area contributed by atoms with Crippen LogP contribution in [0.15, 0.2) is 10.6 Å². The number of nitrogens with zero attached hydrogens (tertiary/aromatic N) is 3. The van der Waals surface area contributed by atoms with E-state index in [1.165, 1.54) is 12.8 Å². The summed E-state index contributed by atoms with van der Waals surface area (Å²) >= 11 is 0. The van der Waals surface area contributed by atoms with E-state index in [0.29, 0.717) is 30.1 Å². The summed E-state index contributed by atoms with van der Waals surface area (Å²) < 4.78 is 11.2. The standard InChI is InChI=1S/C20H27N3O3/c1-13(2)16-10-15(17-14(3)22-26-18(17)21-16)19(24)23-8-9-25-12-20(11-23)6-4-5-7-20/h10,13H,4-9,11-12H2,1-3H3. The number of aryl methyl sites for hydroxylation is 1. The largest absolute Gasteiger partial charge is 0.379 e. The summed E-state index contributed by atoms with van der Waals surface area (Å²) in [6, 6.07) is 1.92. The summed E-state index contributed by atoms with van der Waals surface area (Å²) in [6.07, 6.45) is 4.75. The van der Waals surface area contributed by atoms with Crippen molar-refractivity contribution >= 4 is 17.0 Å². The van der Waals surface area contributed by atoms with Crippen LogP contribution in [0.25, 0.3) is 11.1 Å². The highest BCUT2D eigenvalue weighted by Crippen LogP contribution is 2.40. The molecule has 2 fully saturated rings. The maximum atomic E-state index is 13.5. The topological polar surface area (TPSA) is 68.5 Å². The monoisotopic (exact) mass is 357 g/mol. The first-order valence-electron chi connectivity index (χ1n) is 9.63. The van der Waals surface area contributed by atoms with Crippen LogP contribution in [0.5, 0.6) is 0 Å². The van der Waals surface area contributed by atoms with Crippen molar-refractivity contribution in [1.29, 1.82) is 0 Å². The molecule has 6 nitrogen and oxygen atoms in total. The quantitative estimate of drug-likeness (QED) is 0.820. The van der Waals surface area contributed by atoms with E-state index in [1.807, 2.05) is 17.9 Å². The minimum atomic E-state index is 0.0439. The van der Waals surface area contributed by atoms with Gasteiger partial charge in [0.2, 0.25) is 0 Å². The molecule has 1 aliphatic carbocycles. The van der Waals surface area contributed by atoms with Gasteiger partial charge in [-0.25, -0.2) is 4.98 Å². The first kappa shape index (κ1) is 17.5. The highest BCUT2D eigenvalue weighted by atomic mass is 16.5. The third-order valence-corrected chi connectivity index (χ3v) is 5.85. The van der Waals surface area contributed by atoms with Crippen molar-refractivity contribution in [2.75, 3.05) is 26.3 Å². The highest BCUT2D eigenvalue weighted by Gasteiger charge is 2.39. The number of ether oxygens (including phenoxy) is 1. The van der Waals surface area contributed by atoms with Gasteiger partial charge in [0.1, 0.15) is 0 Å². The third-order valence-electron chi connectivity index (χ3n) is 5.85. The molecule has 1 saturated heterocycles. The Balaban J connectivity index is 1.74. The smallest absolute Gasteiger partial charge is 0.259 e. The van der Waals surface area contributed by atoms with E-state index in [9.17, 15) is 4.79 Å². The first-order valence-corrected chi connectivity index (χ1v) is 9.63. The van der Waals surface area contributed by atoms with E-state index < -0.39 is 0 Å². The van der Waals surface area contributed by atoms with Crippen LogP contribution >= 0.6 is 0 Å². The Labute approximate surface area is 153 Å². The number of fused-ring (bicyclic) bond motifs is 1. The lowest BCUT2D eigenvalue weighted by Gasteiger charge is -2.31. The van der Waals surface area contributed by atoms with Crippen LogP contribution in [-0.2, 0) is 4.74 Å². The van der Waals surface area contributed by atoms with E-state index in [0.717, 1.165) is 37.1 Å². The zero-order valence-corrected chi connectivity index (χ0v) is 15.9. The highest BCUT2D eigenvalue weighted by molar-refractivity contribution is 6.06. The molecule has 140 valence electrons. The van der Waals surface area contributed by atoms with Crippen LogP contribution in [0.4, 0.5) is 0 Å². The zero-order valence-electron chi connectivity index (χ0n) is 15.9. The van der Waals surface area contributed by atoms with E-state index in [1.54, 1.807) is 0 Å². The molecule has 0 unspecified atom stereocenters. The summed E-state index contributed by atoms with van der Waals surface area (Å²) in [6.45, 7) is 8.78. The fourth-order valence-corrected chi connectivity index (χ4v) is 4.34. The predicted octanol–water partition coefficient (Wildman–Crippen LogP) is 3.69. The minimum Gasteiger partial charge on any atom is -0.379 e. The second-order valence-electron chi connectivity index (χ2n) is 8.18. The Morgan fingerprint density at radius 3 is 2.81 bits per heavy atom. The summed E-state index contributed by atoms with van der Waals surface area (Å²) in [5, 5.41) is 4.78. The van der Waals surface area contributed by atoms with Gasteiger partial charge in [-0.05, 0) is 31.7 Å². The molecule has 1 saturated carbocycles. The van der Waals surface area contributed by atoms with Crippen LogP contribution in [0, 0.1) is 12.3 Å². The summed E-state index contributed by atoms with van der Waals surface area (Å²) in [5.74, 6) is 0.257. The number of aromatic nitrogens is 2. The van der Waals surface area contributed by atoms with Gasteiger partial charge in [0.15, 0.2) is 0 Å². The molecule has 0 atom stereocenters. The Morgan fingerprint density at radius 1 is 1.31 bits per heavy atom. The van der Waals surface area contributed by atoms with Gasteiger partial charge in [0.25, 0.3) is 11.6 Å². The molecule has 2 aliphatic rings. The number of hydrogen-bond acceptors (Lipinski definition) is 5. The molecule has 0 bridgehead atoms. The van der Waals surface area contributed by atoms with Crippen LogP contribution < -0.4 is 0 Å². The molecule has 4 rings (SSSR count). The van der Waals surface area contributed by atoms with Crippen LogP contribution in [0.3, 0.4) is 0 Å². The molecule has 2 aromatic heterocycles. The second kappa shape index (κ2) is 6.65. The molecule has 1 amide bonds. The number of carbonyl (C=O) groups is 1. The summed E-state index contributed by atoms with van der Waals surface area (Å²) in [7, 11) is 0. The number of amides is 1. The van der Waals surface area contributed by atoms with E-state index in [2.05, 4.69) is 24.0 Å². The van der Waals surface area contributed by atoms with Crippen molar-refractivity contribution in [1.82, 2.24) is 15.0 Å². The molecule has 0 radical (unpaired) electrons. The molecule has 6 heteroatoms. The number of pyridine rings is 1. The van der Waals surface area contributed by atoms with Gasteiger partial charge in [-0.1, -0.05) is 31.8 Å². The normalized spacial score (nSPS) is 20.2. The third kappa shape index (κ3) is 3.00. The maximum absolute atomic E-state index is 13.5. The van der Waals surface area contributed by atoms with E-state index in [4.69, 9.17) is 9.26 Å². The van der Waals surface area contributed by atoms with Crippen molar-refractivity contribution in [3.8, 4) is 0 Å². The fraction of sp³-hybridized carbons (Fsp3) is 0.650. The lowest BCUT2D eigenvalue weighted by molar-refractivity contribution is 0.0645. The lowest BCUT2D eigenvalue weighted by atomic mass is 9.86. The van der Waals surface area contributed by atoms with Crippen LogP contribution in [-0.4, -0.2) is 47.3 Å². The van der Waals surface area contributed by atoms with Gasteiger partial charge < -0.3 is 14.2 Å². The van der Waals surface area contributed by atoms with Crippen molar-refractivity contribution in [2.45, 2.75) is 52.4 Å². The van der Waals surface area contributed by atoms with E-state index >= 15 is 0 Å². The first-order chi connectivity index (χ1) is 12.5. The van der Waals surface area contributed by atoms with Gasteiger partial charge in [0, 0.05) is 24.2 Å². The summed E-state index contributed by atoms with van der Waals surface area (Å²) in [5.41, 5.74) is 2.82. The van der Waals surface area contributed by atoms with Gasteiger partial charge in [-0.2, -0.15) is 0 Å². The Hall–Kier alpha value is -1.95. The molecule has 1 spiro atoms. The molecule has 3 heterocycles. The molecule has 0 N–H and O–H groups in total. The van der Waals surface area contributed by atoms with Gasteiger partial charge in [0.05, 0.1) is 29.9 Å². The molecule has 1 aliphatic heterocycles. The number of rotatable bonds is 2. The fourth-order valence-electron chi connectivity index (χ4n) is 4.34. The lowest BCUT2D eigenvalue weighted by Crippen LogP contribution is -2.40. The van der Waals surface area contributed by atoms with Crippen molar-refractivity contribution in [3.05, 3.63) is 23.0 Å². The van der Waals surface area contributed by atoms with E-state index in [-0.39, 0.29) is 17.2 Å². The Kier molecular flexibility index (Phi) is 4.47. The maximum Gasteiger partial charge on any atom is 0.259 e. The van der Waals surface area contributed by atoms with Gasteiger partial charge >= 0.3 is 0 Å². The Bertz CT molecular complexity index is 821. The number of hydrogen-bond donors (Lipinski definition) is 0. The molecular formula is C20H27N3O3. The second-order valence-corrected chi connectivity index (χ2v) is 8.18. The van der Waals surface area contributed by atoms with Gasteiger partial charge in [-0.15, -0.1) is 0 Å². The number of carbonyl (C=O) groups excluding carboxylic acids is 1. The summed E-state index contributed by atoms with van der Waals surface area (Å²) in [4.78, 5) is 20.0.